The van der Waals surface area contributed by atoms with Gasteiger partial charge in [-0.25, -0.2) is 0 Å². The van der Waals surface area contributed by atoms with Crippen LogP contribution in [-0.4, -0.2) is 5.83 Å². The van der Waals surface area contributed by atoms with E-state index in [0.717, 1.165) is 7.96 Å². The lowest BCUT2D eigenvalue weighted by Crippen LogP contribution is -1.50. The molecule has 19 heavy (non-hydrogen) atoms. The fourth-order valence-electron chi connectivity index (χ4n) is 0.689. The highest BCUT2D eigenvalue weighted by Crippen LogP contribution is 3.24. The molecule has 0 nitrogen and oxygen atoms in total. The number of hydrogen-bond acceptors (Lipinski definition) is 0. The van der Waals surface area contributed by atoms with Crippen LogP contribution >= 0.6 is 164 Å². The van der Waals surface area contributed by atoms with Crippen LogP contribution in [0, 0.1) is 0 Å². The van der Waals surface area contributed by atoms with E-state index in [1.807, 2.05) is 5.83 Å². The third kappa shape index (κ3) is 13.0. The Kier molecular flexibility index (Phi) is 28.0. The molecule has 118 valence electrons. The van der Waals surface area contributed by atoms with Gasteiger partial charge in [0.05, 0.1) is 0 Å². The molecule has 18 heteroatoms. The lowest BCUT2D eigenvalue weighted by molar-refractivity contribution is 2.60. The number of rotatable bonds is 7. The Morgan fingerprint density at radius 2 is 1.11 bits per heavy atom. The number of hydrogen-bond donors (Lipinski definition) is 0. The van der Waals surface area contributed by atoms with E-state index >= 15 is 0 Å². The third-order valence-corrected chi connectivity index (χ3v) is 114. The van der Waals surface area contributed by atoms with Gasteiger partial charge in [0.2, 0.25) is 0 Å². The van der Waals surface area contributed by atoms with E-state index in [1.54, 1.807) is 0 Å². The Labute approximate surface area is 168 Å². The lowest BCUT2D eigenvalue weighted by Gasteiger charge is -2.38. The van der Waals surface area contributed by atoms with Crippen molar-refractivity contribution in [3.05, 3.63) is 0 Å². The highest BCUT2D eigenvalue weighted by atomic mass is 127. The molecule has 0 aliphatic heterocycles. The maximum absolute atomic E-state index is 3.18. The average molecular weight is 735 g/mol. The molecule has 0 aliphatic carbocycles. The van der Waals surface area contributed by atoms with Crippen LogP contribution in [0.15, 0.2) is 0 Å². The Bertz CT molecular complexity index is 199. The van der Waals surface area contributed by atoms with Crippen molar-refractivity contribution >= 4 is 164 Å². The molecule has 0 amide bonds. The van der Waals surface area contributed by atoms with Crippen LogP contribution in [0.5, 0.6) is 0 Å². The zero-order valence-electron chi connectivity index (χ0n) is 10.0. The third-order valence-electron chi connectivity index (χ3n) is 1.24. The van der Waals surface area contributed by atoms with Gasteiger partial charge in [0.25, 0.3) is 0 Å². The van der Waals surface area contributed by atoms with Crippen LogP contribution < -0.4 is 0 Å². The van der Waals surface area contributed by atoms with Gasteiger partial charge >= 0.3 is 0 Å². The first-order valence-corrected chi connectivity index (χ1v) is 37.0. The molecule has 0 heterocycles. The lowest BCUT2D eigenvalue weighted by atomic mass is 12.0. The Morgan fingerprint density at radius 1 is 0.789 bits per heavy atom. The number of halogens is 2. The molecule has 0 fully saturated rings. The predicted molar refractivity (Wildman–Crippen MR) is 163 cm³/mol. The van der Waals surface area contributed by atoms with Crippen LogP contribution in [0.3, 0.4) is 0 Å². The molecule has 0 radical (unpaired) electrons. The number of alkyl halides is 1. The molecular formula is CH20BrIP16. The fourth-order valence-corrected chi connectivity index (χ4v) is 214. The molecule has 0 saturated heterocycles. The van der Waals surface area contributed by atoms with Gasteiger partial charge in [0.1, 0.15) is 0 Å². The van der Waals surface area contributed by atoms with Gasteiger partial charge in [0.15, 0.2) is 0 Å². The molecule has 0 saturated carbocycles. The SMILES string of the molecule is CBr.PPP(P)P(P(P)P)P(I)P(P(P)P)P(P)P. The van der Waals surface area contributed by atoms with Crippen molar-refractivity contribution < 1.29 is 0 Å². The van der Waals surface area contributed by atoms with Gasteiger partial charge in [-0.15, -0.1) is 71.4 Å². The summed E-state index contributed by atoms with van der Waals surface area (Å²) in [6.07, 6.45) is 0. The molecule has 0 bridgehead atoms. The second-order valence-electron chi connectivity index (χ2n) is 2.39. The molecule has 0 aromatic heterocycles. The first kappa shape index (κ1) is 29.3. The summed E-state index contributed by atoms with van der Waals surface area (Å²) < 4.78 is 0. The minimum atomic E-state index is 0.0823. The van der Waals surface area contributed by atoms with E-state index in [-0.39, 0.29) is 46.9 Å². The minimum absolute atomic E-state index is 0.0823. The quantitative estimate of drug-likeness (QED) is 0.139. The minimum Gasteiger partial charge on any atom is -0.109 e. The largest absolute Gasteiger partial charge is 0.109 e. The van der Waals surface area contributed by atoms with Crippen LogP contribution in [-0.2, 0) is 0 Å². The average Bonchev–Trinajstić information content (AvgIpc) is 2.29. The van der Waals surface area contributed by atoms with Gasteiger partial charge in [0, 0.05) is 18.9 Å². The van der Waals surface area contributed by atoms with Crippen molar-refractivity contribution in [1.29, 1.82) is 0 Å². The topological polar surface area (TPSA) is 0 Å². The Balaban J connectivity index is 0. The molecule has 0 rings (SSSR count). The summed E-state index contributed by atoms with van der Waals surface area (Å²) in [6, 6.07) is 0. The summed E-state index contributed by atoms with van der Waals surface area (Å²) in [5.74, 6) is 1.81. The van der Waals surface area contributed by atoms with Crippen LogP contribution in [0.2, 0.25) is 0 Å². The van der Waals surface area contributed by atoms with Crippen LogP contribution in [0.25, 0.3) is 0 Å². The Morgan fingerprint density at radius 3 is 1.32 bits per heavy atom. The smallest absolute Gasteiger partial charge is 0.0292 e. The second-order valence-corrected chi connectivity index (χ2v) is 69.6. The van der Waals surface area contributed by atoms with Crippen LogP contribution in [0.4, 0.5) is 0 Å². The highest BCUT2D eigenvalue weighted by Gasteiger charge is 2.36. The first-order valence-electron chi connectivity index (χ1n) is 4.07. The van der Waals surface area contributed by atoms with Crippen molar-refractivity contribution in [3.8, 4) is 0 Å². The fraction of sp³-hybridized carbons (Fsp3) is 1.00. The zero-order valence-corrected chi connectivity index (χ0v) is 30.2. The second kappa shape index (κ2) is 18.1. The summed E-state index contributed by atoms with van der Waals surface area (Å²) in [5, 5.41) is 0. The van der Waals surface area contributed by atoms with E-state index in [0.29, 0.717) is 0 Å². The molecule has 0 spiro atoms. The van der Waals surface area contributed by atoms with Gasteiger partial charge in [-0.2, -0.15) is 0 Å². The molecule has 0 aromatic carbocycles. The van der Waals surface area contributed by atoms with E-state index < -0.39 is 0 Å². The maximum atomic E-state index is 3.18. The van der Waals surface area contributed by atoms with Crippen molar-refractivity contribution in [1.82, 2.24) is 0 Å². The summed E-state index contributed by atoms with van der Waals surface area (Å²) in [5.41, 5.74) is 0. The van der Waals surface area contributed by atoms with Crippen molar-refractivity contribution in [2.75, 3.05) is 5.83 Å². The van der Waals surface area contributed by atoms with Crippen LogP contribution in [0.1, 0.15) is 0 Å². The Hall–Kier alpha value is 8.09. The molecular weight excluding hydrogens is 714 g/mol. The van der Waals surface area contributed by atoms with Crippen molar-refractivity contribution in [2.24, 2.45) is 0 Å². The van der Waals surface area contributed by atoms with E-state index in [2.05, 4.69) is 109 Å². The standard InChI is InChI=1S/CH3Br.H17IP16/c1-2;1-11(16(12(3)4)13(5)6)17(14(7)8)15(9)10-2/h1H3;10H,2-9H2. The summed E-state index contributed by atoms with van der Waals surface area (Å²) in [6.45, 7) is 0.855. The van der Waals surface area contributed by atoms with E-state index in [9.17, 15) is 0 Å². The first-order chi connectivity index (χ1) is 8.73. The highest BCUT2D eigenvalue weighted by molar-refractivity contribution is 14.2. The van der Waals surface area contributed by atoms with Gasteiger partial charge in [-0.3, -0.25) is 0 Å². The van der Waals surface area contributed by atoms with Crippen molar-refractivity contribution in [2.45, 2.75) is 0 Å². The predicted octanol–water partition coefficient (Wildman–Crippen LogP) is 11.1. The summed E-state index contributed by atoms with van der Waals surface area (Å²) in [7, 11) is 25.8. The molecule has 12 atom stereocenters. The zero-order chi connectivity index (χ0) is 15.7. The molecule has 0 aromatic rings. The van der Waals surface area contributed by atoms with Gasteiger partial charge < -0.3 is 0 Å². The van der Waals surface area contributed by atoms with Crippen molar-refractivity contribution in [3.63, 3.8) is 0 Å². The monoisotopic (exact) mass is 734 g/mol. The molecule has 0 N–H and O–H groups in total. The maximum Gasteiger partial charge on any atom is 0.0292 e. The summed E-state index contributed by atoms with van der Waals surface area (Å²) >= 11 is 5.78. The molecule has 0 aliphatic rings. The van der Waals surface area contributed by atoms with E-state index in [4.69, 9.17) is 0 Å². The normalized spacial score (nSPS) is 17.2. The van der Waals surface area contributed by atoms with Gasteiger partial charge in [-0.1, -0.05) is 23.9 Å². The molecule has 12 unspecified atom stereocenters. The van der Waals surface area contributed by atoms with Gasteiger partial charge in [-0.05, 0) is 55.8 Å². The van der Waals surface area contributed by atoms with E-state index in [1.165, 1.54) is 0 Å². The summed E-state index contributed by atoms with van der Waals surface area (Å²) in [4.78, 5) is 0.192.